The average Bonchev–Trinajstić information content (AvgIpc) is 2.68. The van der Waals surface area contributed by atoms with E-state index < -0.39 is 12.6 Å². The van der Waals surface area contributed by atoms with Gasteiger partial charge >= 0.3 is 6.18 Å². The Balaban J connectivity index is 2.03. The second-order valence-corrected chi connectivity index (χ2v) is 4.03. The Hall–Kier alpha value is -1.11. The van der Waals surface area contributed by atoms with Crippen molar-refractivity contribution in [3.05, 3.63) is 12.4 Å². The van der Waals surface area contributed by atoms with Crippen molar-refractivity contribution in [2.75, 3.05) is 6.54 Å². The van der Waals surface area contributed by atoms with Crippen molar-refractivity contribution in [3.8, 4) is 0 Å². The molecule has 0 spiro atoms. The highest BCUT2D eigenvalue weighted by Crippen LogP contribution is 2.22. The molecule has 1 atom stereocenters. The highest BCUT2D eigenvalue weighted by Gasteiger charge is 2.26. The van der Waals surface area contributed by atoms with Gasteiger partial charge in [-0.25, -0.2) is 0 Å². The lowest BCUT2D eigenvalue weighted by Gasteiger charge is -2.14. The van der Waals surface area contributed by atoms with E-state index >= 15 is 0 Å². The highest BCUT2D eigenvalue weighted by molar-refractivity contribution is 4.66. The van der Waals surface area contributed by atoms with Crippen molar-refractivity contribution in [1.29, 1.82) is 0 Å². The fourth-order valence-electron chi connectivity index (χ4n) is 1.49. The monoisotopic (exact) mass is 250 g/mol. The molecule has 0 amide bonds. The first-order valence-corrected chi connectivity index (χ1v) is 5.61. The van der Waals surface area contributed by atoms with Gasteiger partial charge in [0.25, 0.3) is 0 Å². The zero-order valence-corrected chi connectivity index (χ0v) is 9.74. The highest BCUT2D eigenvalue weighted by atomic mass is 19.4. The van der Waals surface area contributed by atoms with Crippen molar-refractivity contribution in [2.24, 2.45) is 0 Å². The number of halogens is 3. The number of alkyl halides is 3. The van der Waals surface area contributed by atoms with Crippen LogP contribution in [0, 0.1) is 0 Å². The normalized spacial score (nSPS) is 13.9. The van der Waals surface area contributed by atoms with Crippen LogP contribution in [0.5, 0.6) is 0 Å². The van der Waals surface area contributed by atoms with Crippen molar-refractivity contribution in [1.82, 2.24) is 20.3 Å². The van der Waals surface area contributed by atoms with Gasteiger partial charge in [-0.15, -0.1) is 5.10 Å². The minimum atomic E-state index is -4.04. The Morgan fingerprint density at radius 2 is 2.18 bits per heavy atom. The molecule has 4 nitrogen and oxygen atoms in total. The van der Waals surface area contributed by atoms with Gasteiger partial charge in [0.05, 0.1) is 12.7 Å². The molecule has 1 N–H and O–H groups in total. The third kappa shape index (κ3) is 6.93. The molecule has 1 aromatic rings. The summed E-state index contributed by atoms with van der Waals surface area (Å²) in [6, 6.07) is 0.0841. The lowest BCUT2D eigenvalue weighted by Crippen LogP contribution is -2.29. The summed E-state index contributed by atoms with van der Waals surface area (Å²) in [5, 5.41) is 10.6. The molecule has 0 fully saturated rings. The minimum absolute atomic E-state index is 0.0841. The van der Waals surface area contributed by atoms with Crippen LogP contribution in [0.2, 0.25) is 0 Å². The largest absolute Gasteiger partial charge is 0.389 e. The topological polar surface area (TPSA) is 42.7 Å². The maximum Gasteiger partial charge on any atom is 0.389 e. The number of aromatic nitrogens is 3. The molecule has 17 heavy (non-hydrogen) atoms. The van der Waals surface area contributed by atoms with E-state index in [1.165, 1.54) is 0 Å². The van der Waals surface area contributed by atoms with Gasteiger partial charge in [0, 0.05) is 25.2 Å². The Morgan fingerprint density at radius 3 is 2.76 bits per heavy atom. The summed E-state index contributed by atoms with van der Waals surface area (Å²) in [6.45, 7) is 3.23. The fraction of sp³-hybridized carbons (Fsp3) is 0.800. The zero-order valence-electron chi connectivity index (χ0n) is 9.74. The quantitative estimate of drug-likeness (QED) is 0.804. The smallest absolute Gasteiger partial charge is 0.312 e. The molecule has 0 aromatic carbocycles. The SMILES string of the molecule is CC(CCCC(F)(F)F)NCCn1ccnn1. The molecule has 0 aliphatic carbocycles. The molecule has 0 bridgehead atoms. The van der Waals surface area contributed by atoms with Crippen LogP contribution < -0.4 is 5.32 Å². The Morgan fingerprint density at radius 1 is 1.41 bits per heavy atom. The summed E-state index contributed by atoms with van der Waals surface area (Å²) in [5.41, 5.74) is 0. The minimum Gasteiger partial charge on any atom is -0.312 e. The van der Waals surface area contributed by atoms with Gasteiger partial charge in [-0.1, -0.05) is 5.21 Å². The van der Waals surface area contributed by atoms with Crippen molar-refractivity contribution >= 4 is 0 Å². The number of hydrogen-bond acceptors (Lipinski definition) is 3. The first-order chi connectivity index (χ1) is 7.97. The summed E-state index contributed by atoms with van der Waals surface area (Å²) in [4.78, 5) is 0. The van der Waals surface area contributed by atoms with Crippen molar-refractivity contribution in [3.63, 3.8) is 0 Å². The van der Waals surface area contributed by atoms with Gasteiger partial charge in [-0.2, -0.15) is 13.2 Å². The maximum atomic E-state index is 11.9. The molecular weight excluding hydrogens is 233 g/mol. The third-order valence-electron chi connectivity index (χ3n) is 2.40. The summed E-state index contributed by atoms with van der Waals surface area (Å²) < 4.78 is 37.4. The van der Waals surface area contributed by atoms with Gasteiger partial charge in [0.15, 0.2) is 0 Å². The molecule has 0 aliphatic heterocycles. The summed E-state index contributed by atoms with van der Waals surface area (Å²) >= 11 is 0. The molecule has 1 aromatic heterocycles. The van der Waals surface area contributed by atoms with E-state index in [0.29, 0.717) is 19.5 Å². The van der Waals surface area contributed by atoms with Gasteiger partial charge in [0.1, 0.15) is 0 Å². The van der Waals surface area contributed by atoms with E-state index in [1.807, 2.05) is 6.92 Å². The predicted octanol–water partition coefficient (Wildman–Crippen LogP) is 1.99. The molecule has 0 saturated carbocycles. The lowest BCUT2D eigenvalue weighted by atomic mass is 10.1. The van der Waals surface area contributed by atoms with E-state index in [-0.39, 0.29) is 12.5 Å². The van der Waals surface area contributed by atoms with Crippen LogP contribution in [0.4, 0.5) is 13.2 Å². The van der Waals surface area contributed by atoms with E-state index in [4.69, 9.17) is 0 Å². The van der Waals surface area contributed by atoms with Crippen LogP contribution in [-0.2, 0) is 6.54 Å². The molecule has 7 heteroatoms. The number of nitrogens with one attached hydrogen (secondary N) is 1. The maximum absolute atomic E-state index is 11.9. The van der Waals surface area contributed by atoms with E-state index in [1.54, 1.807) is 17.1 Å². The Kier molecular flexibility index (Phi) is 5.40. The molecule has 0 radical (unpaired) electrons. The van der Waals surface area contributed by atoms with Gasteiger partial charge in [-0.3, -0.25) is 4.68 Å². The van der Waals surface area contributed by atoms with E-state index in [2.05, 4.69) is 15.6 Å². The second-order valence-electron chi connectivity index (χ2n) is 4.03. The fourth-order valence-corrected chi connectivity index (χ4v) is 1.49. The van der Waals surface area contributed by atoms with Crippen LogP contribution in [0.15, 0.2) is 12.4 Å². The lowest BCUT2D eigenvalue weighted by molar-refractivity contribution is -0.135. The van der Waals surface area contributed by atoms with E-state index in [0.717, 1.165) is 0 Å². The number of rotatable bonds is 7. The Bertz CT molecular complexity index is 297. The molecule has 0 aliphatic rings. The van der Waals surface area contributed by atoms with Crippen LogP contribution in [0.3, 0.4) is 0 Å². The second kappa shape index (κ2) is 6.58. The van der Waals surface area contributed by atoms with Crippen LogP contribution in [0.1, 0.15) is 26.2 Å². The molecular formula is C10H17F3N4. The van der Waals surface area contributed by atoms with Crippen molar-refractivity contribution in [2.45, 2.75) is 44.9 Å². The zero-order chi connectivity index (χ0) is 12.7. The Labute approximate surface area is 98.2 Å². The van der Waals surface area contributed by atoms with Gasteiger partial charge in [0.2, 0.25) is 0 Å². The summed E-state index contributed by atoms with van der Waals surface area (Å²) in [5.74, 6) is 0. The van der Waals surface area contributed by atoms with Crippen LogP contribution in [0.25, 0.3) is 0 Å². The van der Waals surface area contributed by atoms with Crippen LogP contribution >= 0.6 is 0 Å². The molecule has 98 valence electrons. The summed E-state index contributed by atoms with van der Waals surface area (Å²) in [7, 11) is 0. The molecule has 1 heterocycles. The predicted molar refractivity (Wildman–Crippen MR) is 57.4 cm³/mol. The number of nitrogens with zero attached hydrogens (tertiary/aromatic N) is 3. The number of hydrogen-bond donors (Lipinski definition) is 1. The molecule has 1 rings (SSSR count). The standard InChI is InChI=1S/C10H17F3N4/c1-9(3-2-4-10(11,12)13)14-5-7-17-8-6-15-16-17/h6,8-9,14H,2-5,7H2,1H3. The van der Waals surface area contributed by atoms with Crippen LogP contribution in [-0.4, -0.2) is 33.8 Å². The first kappa shape index (κ1) is 14.0. The molecule has 0 saturated heterocycles. The van der Waals surface area contributed by atoms with E-state index in [9.17, 15) is 13.2 Å². The van der Waals surface area contributed by atoms with Gasteiger partial charge in [-0.05, 0) is 19.8 Å². The third-order valence-corrected chi connectivity index (χ3v) is 2.40. The average molecular weight is 250 g/mol. The van der Waals surface area contributed by atoms with Crippen molar-refractivity contribution < 1.29 is 13.2 Å². The summed E-state index contributed by atoms with van der Waals surface area (Å²) in [6.07, 6.45) is -0.719. The molecule has 1 unspecified atom stereocenters. The van der Waals surface area contributed by atoms with Gasteiger partial charge < -0.3 is 5.32 Å². The first-order valence-electron chi connectivity index (χ1n) is 5.61.